The Labute approximate surface area is 106 Å². The van der Waals surface area contributed by atoms with Gasteiger partial charge in [-0.05, 0) is 57.4 Å². The highest BCUT2D eigenvalue weighted by Gasteiger charge is 2.30. The average Bonchev–Trinajstić information content (AvgIpc) is 2.26. The van der Waals surface area contributed by atoms with E-state index in [0.29, 0.717) is 18.6 Å². The molecule has 0 bridgehead atoms. The fourth-order valence-electron chi connectivity index (χ4n) is 1.89. The van der Waals surface area contributed by atoms with Crippen molar-refractivity contribution in [3.63, 3.8) is 0 Å². The molecule has 3 nitrogen and oxygen atoms in total. The standard InChI is InChI=1S/C14H17FO3/c1-14(2,3)18-13(16)12-6-4-9-8-10(15)5-7-11(9)17-12/h5,7-8,12H,4,6H2,1-3H3/t12-/m1/s1. The van der Waals surface area contributed by atoms with E-state index in [1.54, 1.807) is 6.07 Å². The topological polar surface area (TPSA) is 35.5 Å². The summed E-state index contributed by atoms with van der Waals surface area (Å²) in [5, 5.41) is 0. The Morgan fingerprint density at radius 2 is 2.17 bits per heavy atom. The molecule has 0 aromatic heterocycles. The molecule has 0 saturated carbocycles. The van der Waals surface area contributed by atoms with Crippen LogP contribution in [0.3, 0.4) is 0 Å². The number of benzene rings is 1. The lowest BCUT2D eigenvalue weighted by atomic mass is 10.0. The molecule has 0 aliphatic carbocycles. The Kier molecular flexibility index (Phi) is 3.28. The molecule has 1 aliphatic heterocycles. The third-order valence-electron chi connectivity index (χ3n) is 2.64. The second-order valence-corrected chi connectivity index (χ2v) is 5.43. The number of rotatable bonds is 1. The highest BCUT2D eigenvalue weighted by molar-refractivity contribution is 5.76. The molecule has 0 spiro atoms. The van der Waals surface area contributed by atoms with E-state index in [-0.39, 0.29) is 11.8 Å². The van der Waals surface area contributed by atoms with Crippen LogP contribution in [0.1, 0.15) is 32.8 Å². The number of halogens is 1. The minimum absolute atomic E-state index is 0.284. The van der Waals surface area contributed by atoms with Crippen molar-refractivity contribution in [2.75, 3.05) is 0 Å². The van der Waals surface area contributed by atoms with Gasteiger partial charge in [-0.3, -0.25) is 0 Å². The molecule has 1 atom stereocenters. The van der Waals surface area contributed by atoms with Crippen LogP contribution in [-0.2, 0) is 16.0 Å². The van der Waals surface area contributed by atoms with Crippen molar-refractivity contribution in [1.29, 1.82) is 0 Å². The lowest BCUT2D eigenvalue weighted by Crippen LogP contribution is -2.37. The van der Waals surface area contributed by atoms with E-state index >= 15 is 0 Å². The SMILES string of the molecule is CC(C)(C)OC(=O)[C@H]1CCc2cc(F)ccc2O1. The maximum atomic E-state index is 13.0. The third kappa shape index (κ3) is 3.00. The van der Waals surface area contributed by atoms with Crippen molar-refractivity contribution in [2.45, 2.75) is 45.3 Å². The van der Waals surface area contributed by atoms with Crippen LogP contribution < -0.4 is 4.74 Å². The number of esters is 1. The molecule has 1 aliphatic rings. The van der Waals surface area contributed by atoms with Crippen molar-refractivity contribution in [2.24, 2.45) is 0 Å². The average molecular weight is 252 g/mol. The molecule has 1 aromatic rings. The van der Waals surface area contributed by atoms with E-state index < -0.39 is 11.7 Å². The van der Waals surface area contributed by atoms with Gasteiger partial charge in [-0.2, -0.15) is 0 Å². The van der Waals surface area contributed by atoms with Gasteiger partial charge in [0.1, 0.15) is 17.2 Å². The first-order valence-corrected chi connectivity index (χ1v) is 6.03. The molecule has 0 N–H and O–H groups in total. The molecule has 0 saturated heterocycles. The second-order valence-electron chi connectivity index (χ2n) is 5.43. The lowest BCUT2D eigenvalue weighted by Gasteiger charge is -2.28. The summed E-state index contributed by atoms with van der Waals surface area (Å²) in [6.45, 7) is 5.45. The number of ether oxygens (including phenoxy) is 2. The van der Waals surface area contributed by atoms with Crippen molar-refractivity contribution in [3.05, 3.63) is 29.6 Å². The van der Waals surface area contributed by atoms with Crippen LogP contribution in [0.25, 0.3) is 0 Å². The molecule has 0 amide bonds. The van der Waals surface area contributed by atoms with Gasteiger partial charge in [-0.1, -0.05) is 0 Å². The maximum Gasteiger partial charge on any atom is 0.347 e. The van der Waals surface area contributed by atoms with Crippen molar-refractivity contribution >= 4 is 5.97 Å². The van der Waals surface area contributed by atoms with E-state index in [0.717, 1.165) is 5.56 Å². The minimum Gasteiger partial charge on any atom is -0.478 e. The van der Waals surface area contributed by atoms with Gasteiger partial charge in [-0.15, -0.1) is 0 Å². The molecular formula is C14H17FO3. The summed E-state index contributed by atoms with van der Waals surface area (Å²) in [5.74, 6) is -0.0796. The van der Waals surface area contributed by atoms with Crippen LogP contribution in [0.15, 0.2) is 18.2 Å². The van der Waals surface area contributed by atoms with E-state index in [9.17, 15) is 9.18 Å². The molecule has 4 heteroatoms. The van der Waals surface area contributed by atoms with Crippen LogP contribution in [0.4, 0.5) is 4.39 Å². The number of carbonyl (C=O) groups is 1. The van der Waals surface area contributed by atoms with E-state index in [2.05, 4.69) is 0 Å². The number of aryl methyl sites for hydroxylation is 1. The molecule has 2 rings (SSSR count). The van der Waals surface area contributed by atoms with Crippen LogP contribution >= 0.6 is 0 Å². The Bertz CT molecular complexity index is 463. The van der Waals surface area contributed by atoms with Gasteiger partial charge in [0, 0.05) is 0 Å². The first kappa shape index (κ1) is 12.9. The fraction of sp³-hybridized carbons (Fsp3) is 0.500. The first-order chi connectivity index (χ1) is 8.35. The minimum atomic E-state index is -0.595. The molecule has 0 unspecified atom stereocenters. The van der Waals surface area contributed by atoms with Crippen LogP contribution in [0, 0.1) is 5.82 Å². The van der Waals surface area contributed by atoms with E-state index in [4.69, 9.17) is 9.47 Å². The van der Waals surface area contributed by atoms with E-state index in [1.807, 2.05) is 20.8 Å². The summed E-state index contributed by atoms with van der Waals surface area (Å²) in [5.41, 5.74) is 0.276. The van der Waals surface area contributed by atoms with Crippen molar-refractivity contribution in [1.82, 2.24) is 0 Å². The zero-order chi connectivity index (χ0) is 13.3. The molecule has 1 aromatic carbocycles. The van der Waals surface area contributed by atoms with Crippen molar-refractivity contribution < 1.29 is 18.7 Å². The zero-order valence-corrected chi connectivity index (χ0v) is 10.8. The highest BCUT2D eigenvalue weighted by Crippen LogP contribution is 2.29. The molecule has 98 valence electrons. The summed E-state index contributed by atoms with van der Waals surface area (Å²) in [6.07, 6.45) is 0.546. The molecular weight excluding hydrogens is 235 g/mol. The summed E-state index contributed by atoms with van der Waals surface area (Å²) in [7, 11) is 0. The first-order valence-electron chi connectivity index (χ1n) is 6.03. The number of fused-ring (bicyclic) bond motifs is 1. The zero-order valence-electron chi connectivity index (χ0n) is 10.8. The third-order valence-corrected chi connectivity index (χ3v) is 2.64. The normalized spacial score (nSPS) is 18.8. The van der Waals surface area contributed by atoms with Gasteiger partial charge >= 0.3 is 5.97 Å². The number of hydrogen-bond acceptors (Lipinski definition) is 3. The van der Waals surface area contributed by atoms with Gasteiger partial charge in [0.15, 0.2) is 6.10 Å². The fourth-order valence-corrected chi connectivity index (χ4v) is 1.89. The molecule has 18 heavy (non-hydrogen) atoms. The van der Waals surface area contributed by atoms with Crippen LogP contribution in [-0.4, -0.2) is 17.7 Å². The summed E-state index contributed by atoms with van der Waals surface area (Å²) in [6, 6.07) is 4.33. The van der Waals surface area contributed by atoms with Gasteiger partial charge < -0.3 is 9.47 Å². The Morgan fingerprint density at radius 1 is 1.44 bits per heavy atom. The maximum absolute atomic E-state index is 13.0. The number of hydrogen-bond donors (Lipinski definition) is 0. The molecule has 0 radical (unpaired) electrons. The summed E-state index contributed by atoms with van der Waals surface area (Å²) in [4.78, 5) is 11.9. The van der Waals surface area contributed by atoms with Gasteiger partial charge in [0.2, 0.25) is 0 Å². The van der Waals surface area contributed by atoms with Crippen molar-refractivity contribution in [3.8, 4) is 5.75 Å². The van der Waals surface area contributed by atoms with Gasteiger partial charge in [0.05, 0.1) is 0 Å². The molecule has 0 fully saturated rings. The van der Waals surface area contributed by atoms with Gasteiger partial charge in [0.25, 0.3) is 0 Å². The summed E-state index contributed by atoms with van der Waals surface area (Å²) < 4.78 is 23.9. The number of carbonyl (C=O) groups excluding carboxylic acids is 1. The Hall–Kier alpha value is -1.58. The summed E-state index contributed by atoms with van der Waals surface area (Å²) >= 11 is 0. The molecule has 1 heterocycles. The largest absolute Gasteiger partial charge is 0.478 e. The lowest BCUT2D eigenvalue weighted by molar-refractivity contribution is -0.164. The highest BCUT2D eigenvalue weighted by atomic mass is 19.1. The van der Waals surface area contributed by atoms with E-state index in [1.165, 1.54) is 12.1 Å². The quantitative estimate of drug-likeness (QED) is 0.721. The van der Waals surface area contributed by atoms with Crippen LogP contribution in [0.2, 0.25) is 0 Å². The predicted molar refractivity (Wildman–Crippen MR) is 65.0 cm³/mol. The Morgan fingerprint density at radius 3 is 2.83 bits per heavy atom. The Balaban J connectivity index is 2.08. The second kappa shape index (κ2) is 4.59. The van der Waals surface area contributed by atoms with Crippen LogP contribution in [0.5, 0.6) is 5.75 Å². The predicted octanol–water partition coefficient (Wildman–Crippen LogP) is 2.86. The van der Waals surface area contributed by atoms with Gasteiger partial charge in [-0.25, -0.2) is 9.18 Å². The smallest absolute Gasteiger partial charge is 0.347 e. The monoisotopic (exact) mass is 252 g/mol.